The molecule has 2 aromatic heterocycles. The van der Waals surface area contributed by atoms with E-state index in [-0.39, 0.29) is 11.9 Å². The van der Waals surface area contributed by atoms with Gasteiger partial charge < -0.3 is 10.6 Å². The molecule has 6 nitrogen and oxygen atoms in total. The van der Waals surface area contributed by atoms with E-state index >= 15 is 0 Å². The number of nitrogens with one attached hydrogen (secondary N) is 2. The van der Waals surface area contributed by atoms with E-state index in [4.69, 9.17) is 0 Å². The molecule has 0 aliphatic carbocycles. The minimum absolute atomic E-state index is 0.0882. The number of amides is 1. The summed E-state index contributed by atoms with van der Waals surface area (Å²) in [6.45, 7) is 2.60. The minimum atomic E-state index is -0.0882. The maximum absolute atomic E-state index is 11.9. The number of aryl methyl sites for hydroxylation is 1. The zero-order valence-electron chi connectivity index (χ0n) is 11.2. The van der Waals surface area contributed by atoms with E-state index in [1.165, 1.54) is 11.3 Å². The van der Waals surface area contributed by atoms with E-state index in [9.17, 15) is 4.79 Å². The third kappa shape index (κ3) is 3.39. The van der Waals surface area contributed by atoms with Crippen LogP contribution in [0.25, 0.3) is 10.6 Å². The maximum atomic E-state index is 11.9. The monoisotopic (exact) mass is 279 g/mol. The zero-order chi connectivity index (χ0) is 13.8. The van der Waals surface area contributed by atoms with Crippen LogP contribution in [-0.2, 0) is 7.05 Å². The number of hydrogen-bond donors (Lipinski definition) is 2. The van der Waals surface area contributed by atoms with Crippen LogP contribution in [0.4, 0.5) is 0 Å². The molecule has 0 fully saturated rings. The fraction of sp³-hybridized carbons (Fsp3) is 0.417. The Morgan fingerprint density at radius 1 is 1.53 bits per heavy atom. The number of rotatable bonds is 5. The highest BCUT2D eigenvalue weighted by Gasteiger charge is 2.12. The van der Waals surface area contributed by atoms with Crippen LogP contribution in [-0.4, -0.2) is 40.3 Å². The summed E-state index contributed by atoms with van der Waals surface area (Å²) < 4.78 is 1.71. The first-order valence-electron chi connectivity index (χ1n) is 6.00. The molecule has 7 heteroatoms. The molecule has 2 aromatic rings. The lowest BCUT2D eigenvalue weighted by molar-refractivity contribution is 0.0954. The van der Waals surface area contributed by atoms with Crippen molar-refractivity contribution >= 4 is 17.2 Å². The largest absolute Gasteiger partial charge is 0.350 e. The second kappa shape index (κ2) is 5.94. The first-order valence-corrected chi connectivity index (χ1v) is 6.82. The summed E-state index contributed by atoms with van der Waals surface area (Å²) in [5.74, 6) is -0.0882. The van der Waals surface area contributed by atoms with Crippen LogP contribution in [0.2, 0.25) is 0 Å². The van der Waals surface area contributed by atoms with E-state index < -0.39 is 0 Å². The van der Waals surface area contributed by atoms with Crippen molar-refractivity contribution in [2.45, 2.75) is 13.0 Å². The fourth-order valence-electron chi connectivity index (χ4n) is 1.48. The highest BCUT2D eigenvalue weighted by atomic mass is 32.1. The molecule has 0 aromatic carbocycles. The molecule has 2 rings (SSSR count). The SMILES string of the molecule is CNC(C)CNC(=O)c1cnc(-c2cnn(C)c2)s1. The topological polar surface area (TPSA) is 71.8 Å². The molecule has 0 saturated heterocycles. The zero-order valence-corrected chi connectivity index (χ0v) is 12.0. The van der Waals surface area contributed by atoms with Crippen molar-refractivity contribution in [1.82, 2.24) is 25.4 Å². The van der Waals surface area contributed by atoms with Gasteiger partial charge in [0.05, 0.1) is 12.4 Å². The normalized spacial score (nSPS) is 12.4. The number of hydrogen-bond acceptors (Lipinski definition) is 5. The van der Waals surface area contributed by atoms with E-state index in [1.807, 2.05) is 27.2 Å². The van der Waals surface area contributed by atoms with Gasteiger partial charge in [-0.3, -0.25) is 9.48 Å². The molecule has 0 radical (unpaired) electrons. The van der Waals surface area contributed by atoms with Gasteiger partial charge in [0.25, 0.3) is 5.91 Å². The van der Waals surface area contributed by atoms with Crippen LogP contribution < -0.4 is 10.6 Å². The van der Waals surface area contributed by atoms with Crippen LogP contribution >= 0.6 is 11.3 Å². The van der Waals surface area contributed by atoms with Gasteiger partial charge in [-0.1, -0.05) is 0 Å². The van der Waals surface area contributed by atoms with Crippen molar-refractivity contribution in [3.05, 3.63) is 23.5 Å². The van der Waals surface area contributed by atoms with Crippen molar-refractivity contribution in [3.63, 3.8) is 0 Å². The predicted octanol–water partition coefficient (Wildman–Crippen LogP) is 0.881. The Kier molecular flexibility index (Phi) is 4.28. The summed E-state index contributed by atoms with van der Waals surface area (Å²) in [5.41, 5.74) is 0.926. The second-order valence-corrected chi connectivity index (χ2v) is 5.36. The van der Waals surface area contributed by atoms with Gasteiger partial charge in [-0.25, -0.2) is 4.98 Å². The minimum Gasteiger partial charge on any atom is -0.350 e. The van der Waals surface area contributed by atoms with Crippen molar-refractivity contribution in [2.24, 2.45) is 7.05 Å². The van der Waals surface area contributed by atoms with Gasteiger partial charge in [0.1, 0.15) is 9.88 Å². The number of carbonyl (C=O) groups is 1. The van der Waals surface area contributed by atoms with E-state index in [0.717, 1.165) is 10.6 Å². The number of aromatic nitrogens is 3. The smallest absolute Gasteiger partial charge is 0.263 e. The summed E-state index contributed by atoms with van der Waals surface area (Å²) in [6.07, 6.45) is 5.22. The molecule has 0 spiro atoms. The van der Waals surface area contributed by atoms with Gasteiger partial charge in [0.15, 0.2) is 0 Å². The highest BCUT2D eigenvalue weighted by molar-refractivity contribution is 7.16. The van der Waals surface area contributed by atoms with Crippen molar-refractivity contribution in [2.75, 3.05) is 13.6 Å². The molecule has 19 heavy (non-hydrogen) atoms. The Morgan fingerprint density at radius 2 is 2.32 bits per heavy atom. The molecule has 0 bridgehead atoms. The third-order valence-electron chi connectivity index (χ3n) is 2.74. The summed E-state index contributed by atoms with van der Waals surface area (Å²) in [6, 6.07) is 0.245. The summed E-state index contributed by atoms with van der Waals surface area (Å²) >= 11 is 1.37. The number of carbonyl (C=O) groups excluding carboxylic acids is 1. The molecule has 0 saturated carbocycles. The lowest BCUT2D eigenvalue weighted by atomic mass is 10.3. The lowest BCUT2D eigenvalue weighted by Crippen LogP contribution is -2.36. The Labute approximate surface area is 115 Å². The molecule has 102 valence electrons. The van der Waals surface area contributed by atoms with Crippen molar-refractivity contribution < 1.29 is 4.79 Å². The molecule has 1 unspecified atom stereocenters. The van der Waals surface area contributed by atoms with Gasteiger partial charge >= 0.3 is 0 Å². The lowest BCUT2D eigenvalue weighted by Gasteiger charge is -2.10. The average molecular weight is 279 g/mol. The predicted molar refractivity (Wildman–Crippen MR) is 75.2 cm³/mol. The van der Waals surface area contributed by atoms with Crippen LogP contribution in [0.3, 0.4) is 0 Å². The molecule has 0 aliphatic heterocycles. The van der Waals surface area contributed by atoms with Crippen LogP contribution in [0.15, 0.2) is 18.6 Å². The molecule has 1 atom stereocenters. The molecular formula is C12H17N5OS. The Morgan fingerprint density at radius 3 is 2.95 bits per heavy atom. The Hall–Kier alpha value is -1.73. The van der Waals surface area contributed by atoms with Crippen molar-refractivity contribution in [3.8, 4) is 10.6 Å². The first-order chi connectivity index (χ1) is 9.10. The van der Waals surface area contributed by atoms with E-state index in [2.05, 4.69) is 20.7 Å². The fourth-order valence-corrected chi connectivity index (χ4v) is 2.29. The van der Waals surface area contributed by atoms with E-state index in [1.54, 1.807) is 17.1 Å². The number of nitrogens with zero attached hydrogens (tertiary/aromatic N) is 3. The van der Waals surface area contributed by atoms with Gasteiger partial charge in [0, 0.05) is 31.4 Å². The van der Waals surface area contributed by atoms with Crippen LogP contribution in [0, 0.1) is 0 Å². The first kappa shape index (κ1) is 13.7. The quantitative estimate of drug-likeness (QED) is 0.852. The summed E-state index contributed by atoms with van der Waals surface area (Å²) in [5, 5.41) is 10.8. The summed E-state index contributed by atoms with van der Waals surface area (Å²) in [4.78, 5) is 16.8. The highest BCUT2D eigenvalue weighted by Crippen LogP contribution is 2.24. The number of likely N-dealkylation sites (N-methyl/N-ethyl adjacent to an activating group) is 1. The van der Waals surface area contributed by atoms with Gasteiger partial charge in [0.2, 0.25) is 0 Å². The maximum Gasteiger partial charge on any atom is 0.263 e. The Balaban J connectivity index is 2.02. The van der Waals surface area contributed by atoms with Gasteiger partial charge in [-0.15, -0.1) is 11.3 Å². The summed E-state index contributed by atoms with van der Waals surface area (Å²) in [7, 11) is 3.72. The van der Waals surface area contributed by atoms with Gasteiger partial charge in [-0.2, -0.15) is 5.10 Å². The molecular weight excluding hydrogens is 262 g/mol. The second-order valence-electron chi connectivity index (χ2n) is 4.33. The van der Waals surface area contributed by atoms with Crippen molar-refractivity contribution in [1.29, 1.82) is 0 Å². The van der Waals surface area contributed by atoms with Crippen LogP contribution in [0.1, 0.15) is 16.6 Å². The standard InChI is InChI=1S/C12H17N5OS/c1-8(13-2)4-14-11(18)10-6-15-12(19-10)9-5-16-17(3)7-9/h5-8,13H,4H2,1-3H3,(H,14,18). The number of thiazole rings is 1. The third-order valence-corrected chi connectivity index (χ3v) is 3.79. The van der Waals surface area contributed by atoms with Gasteiger partial charge in [-0.05, 0) is 14.0 Å². The molecule has 1 amide bonds. The molecule has 2 N–H and O–H groups in total. The average Bonchev–Trinajstić information content (AvgIpc) is 3.03. The van der Waals surface area contributed by atoms with Crippen LogP contribution in [0.5, 0.6) is 0 Å². The molecule has 0 aliphatic rings. The van der Waals surface area contributed by atoms with E-state index in [0.29, 0.717) is 11.4 Å². The Bertz CT molecular complexity index is 562. The molecule has 2 heterocycles.